The first-order valence-corrected chi connectivity index (χ1v) is 11.9. The van der Waals surface area contributed by atoms with Crippen LogP contribution in [0.5, 0.6) is 0 Å². The number of para-hydroxylation sites is 1. The summed E-state index contributed by atoms with van der Waals surface area (Å²) >= 11 is 13.7. The summed E-state index contributed by atoms with van der Waals surface area (Å²) in [7, 11) is -3.93. The fraction of sp³-hybridized carbons (Fsp3) is 0.100. The van der Waals surface area contributed by atoms with Crippen LogP contribution in [0.4, 0.5) is 5.69 Å². The van der Waals surface area contributed by atoms with Crippen molar-refractivity contribution in [1.29, 1.82) is 0 Å². The summed E-state index contributed by atoms with van der Waals surface area (Å²) in [4.78, 5) is 5.25. The summed E-state index contributed by atoms with van der Waals surface area (Å²) < 4.78 is 33.9. The normalized spacial score (nSPS) is 11.6. The number of aryl methyl sites for hydroxylation is 1. The molecule has 0 aliphatic heterocycles. The zero-order chi connectivity index (χ0) is 21.3. The maximum Gasteiger partial charge on any atom is 0.263 e. The average molecular weight is 480 g/mol. The number of rotatable bonds is 6. The molecule has 0 amide bonds. The van der Waals surface area contributed by atoms with Gasteiger partial charge in [0.25, 0.3) is 10.0 Å². The molecule has 0 radical (unpaired) electrons. The first kappa shape index (κ1) is 20.9. The molecular weight excluding hydrogens is 465 g/mol. The van der Waals surface area contributed by atoms with Gasteiger partial charge >= 0.3 is 0 Å². The Morgan fingerprint density at radius 3 is 2.67 bits per heavy atom. The molecule has 6 nitrogen and oxygen atoms in total. The van der Waals surface area contributed by atoms with E-state index in [0.29, 0.717) is 33.6 Å². The molecule has 0 saturated carbocycles. The molecule has 2 heterocycles. The predicted molar refractivity (Wildman–Crippen MR) is 119 cm³/mol. The Labute approximate surface area is 187 Å². The number of nitrogens with zero attached hydrogens (tertiary/aromatic N) is 2. The minimum Gasteiger partial charge on any atom is -0.339 e. The third-order valence-electron chi connectivity index (χ3n) is 4.32. The maximum atomic E-state index is 13.0. The third kappa shape index (κ3) is 4.37. The van der Waals surface area contributed by atoms with Gasteiger partial charge in [-0.05, 0) is 47.7 Å². The summed E-state index contributed by atoms with van der Waals surface area (Å²) in [6.45, 7) is 1.71. The molecule has 1 N–H and O–H groups in total. The Hall–Kier alpha value is -2.39. The molecule has 0 spiro atoms. The Bertz CT molecular complexity index is 1300. The van der Waals surface area contributed by atoms with Crippen molar-refractivity contribution in [3.05, 3.63) is 81.0 Å². The second kappa shape index (κ2) is 8.39. The number of nitrogens with one attached hydrogen (secondary N) is 1. The molecule has 0 aliphatic carbocycles. The van der Waals surface area contributed by atoms with E-state index < -0.39 is 10.0 Å². The average Bonchev–Trinajstić information content (AvgIpc) is 3.37. The van der Waals surface area contributed by atoms with E-state index >= 15 is 0 Å². The van der Waals surface area contributed by atoms with Crippen molar-refractivity contribution in [2.24, 2.45) is 0 Å². The Kier molecular flexibility index (Phi) is 5.84. The third-order valence-corrected chi connectivity index (χ3v) is 7.42. The van der Waals surface area contributed by atoms with Gasteiger partial charge in [-0.25, -0.2) is 8.42 Å². The highest BCUT2D eigenvalue weighted by molar-refractivity contribution is 7.92. The predicted octanol–water partition coefficient (Wildman–Crippen LogP) is 5.80. The summed E-state index contributed by atoms with van der Waals surface area (Å²) in [6.07, 6.45) is 0.268. The van der Waals surface area contributed by atoms with Gasteiger partial charge in [0.2, 0.25) is 11.7 Å². The molecule has 2 aromatic heterocycles. The van der Waals surface area contributed by atoms with Crippen LogP contribution in [-0.4, -0.2) is 18.6 Å². The summed E-state index contributed by atoms with van der Waals surface area (Å²) in [5.41, 5.74) is 1.70. The van der Waals surface area contributed by atoms with Crippen molar-refractivity contribution in [3.63, 3.8) is 0 Å². The lowest BCUT2D eigenvalue weighted by atomic mass is 10.1. The molecule has 0 bridgehead atoms. The van der Waals surface area contributed by atoms with Crippen LogP contribution in [0.3, 0.4) is 0 Å². The number of hydrogen-bond donors (Lipinski definition) is 1. The van der Waals surface area contributed by atoms with Crippen molar-refractivity contribution in [1.82, 2.24) is 10.1 Å². The number of halogens is 2. The van der Waals surface area contributed by atoms with E-state index in [2.05, 4.69) is 14.9 Å². The van der Waals surface area contributed by atoms with Gasteiger partial charge in [-0.1, -0.05) is 52.6 Å². The van der Waals surface area contributed by atoms with E-state index in [-0.39, 0.29) is 16.3 Å². The summed E-state index contributed by atoms with van der Waals surface area (Å²) in [5, 5.41) is 6.37. The number of hydrogen-bond acceptors (Lipinski definition) is 6. The van der Waals surface area contributed by atoms with Crippen molar-refractivity contribution in [3.8, 4) is 10.7 Å². The molecule has 10 heteroatoms. The van der Waals surface area contributed by atoms with E-state index in [9.17, 15) is 8.42 Å². The molecule has 4 aromatic rings. The van der Waals surface area contributed by atoms with Crippen LogP contribution in [0.15, 0.2) is 63.3 Å². The molecule has 0 unspecified atom stereocenters. The highest BCUT2D eigenvalue weighted by Gasteiger charge is 2.21. The lowest BCUT2D eigenvalue weighted by molar-refractivity contribution is 0.386. The minimum absolute atomic E-state index is 0.0429. The number of sulfonamides is 1. The summed E-state index contributed by atoms with van der Waals surface area (Å²) in [5.74, 6) is 0.881. The Morgan fingerprint density at radius 2 is 1.90 bits per heavy atom. The van der Waals surface area contributed by atoms with Gasteiger partial charge < -0.3 is 4.52 Å². The summed E-state index contributed by atoms with van der Waals surface area (Å²) in [6, 6.07) is 13.7. The van der Waals surface area contributed by atoms with E-state index in [1.54, 1.807) is 25.1 Å². The van der Waals surface area contributed by atoms with E-state index in [0.717, 1.165) is 4.88 Å². The molecule has 30 heavy (non-hydrogen) atoms. The van der Waals surface area contributed by atoms with Crippen molar-refractivity contribution in [2.45, 2.75) is 18.2 Å². The van der Waals surface area contributed by atoms with Gasteiger partial charge in [-0.2, -0.15) is 4.98 Å². The standard InChI is InChI=1S/C20H15Cl2N3O3S2/c1-12-9-18(15(22)11-14(12)21)30(26,27)25-16-6-3-2-5-13(16)10-19-23-20(24-28-19)17-7-4-8-29-17/h2-9,11,25H,10H2,1H3. The first-order valence-electron chi connectivity index (χ1n) is 8.76. The van der Waals surface area contributed by atoms with Crippen LogP contribution in [0.25, 0.3) is 10.7 Å². The SMILES string of the molecule is Cc1cc(S(=O)(=O)Nc2ccccc2Cc2nc(-c3cccs3)no2)c(Cl)cc1Cl. The molecule has 0 aliphatic rings. The fourth-order valence-electron chi connectivity index (χ4n) is 2.81. The monoisotopic (exact) mass is 479 g/mol. The zero-order valence-electron chi connectivity index (χ0n) is 15.6. The van der Waals surface area contributed by atoms with Crippen LogP contribution in [0, 0.1) is 6.92 Å². The second-order valence-electron chi connectivity index (χ2n) is 6.46. The molecular formula is C20H15Cl2N3O3S2. The molecule has 4 rings (SSSR count). The Morgan fingerprint density at radius 1 is 1.10 bits per heavy atom. The smallest absolute Gasteiger partial charge is 0.263 e. The maximum absolute atomic E-state index is 13.0. The van der Waals surface area contributed by atoms with Gasteiger partial charge in [0.15, 0.2) is 0 Å². The van der Waals surface area contributed by atoms with E-state index in [1.807, 2.05) is 23.6 Å². The molecule has 0 fully saturated rings. The fourth-order valence-corrected chi connectivity index (χ4v) is 5.39. The van der Waals surface area contributed by atoms with Gasteiger partial charge in [-0.15, -0.1) is 11.3 Å². The van der Waals surface area contributed by atoms with Crippen LogP contribution < -0.4 is 4.72 Å². The van der Waals surface area contributed by atoms with Crippen LogP contribution in [0.1, 0.15) is 17.0 Å². The minimum atomic E-state index is -3.93. The number of aromatic nitrogens is 2. The molecule has 2 aromatic carbocycles. The topological polar surface area (TPSA) is 85.1 Å². The van der Waals surface area contributed by atoms with E-state index in [4.69, 9.17) is 27.7 Å². The highest BCUT2D eigenvalue weighted by Crippen LogP contribution is 2.31. The number of thiophene rings is 1. The van der Waals surface area contributed by atoms with Crippen molar-refractivity contribution < 1.29 is 12.9 Å². The van der Waals surface area contributed by atoms with Gasteiger partial charge in [0, 0.05) is 5.02 Å². The largest absolute Gasteiger partial charge is 0.339 e. The van der Waals surface area contributed by atoms with Gasteiger partial charge in [0.1, 0.15) is 4.90 Å². The van der Waals surface area contributed by atoms with Gasteiger partial charge in [0.05, 0.1) is 22.0 Å². The van der Waals surface area contributed by atoms with Gasteiger partial charge in [-0.3, -0.25) is 4.72 Å². The molecule has 0 saturated heterocycles. The molecule has 0 atom stereocenters. The van der Waals surface area contributed by atoms with Crippen molar-refractivity contribution >= 4 is 50.2 Å². The van der Waals surface area contributed by atoms with E-state index in [1.165, 1.54) is 23.5 Å². The number of anilines is 1. The lowest BCUT2D eigenvalue weighted by Gasteiger charge is -2.13. The van der Waals surface area contributed by atoms with Crippen molar-refractivity contribution in [2.75, 3.05) is 4.72 Å². The van der Waals surface area contributed by atoms with Crippen LogP contribution in [0.2, 0.25) is 10.0 Å². The highest BCUT2D eigenvalue weighted by atomic mass is 35.5. The first-order chi connectivity index (χ1) is 14.3. The zero-order valence-corrected chi connectivity index (χ0v) is 18.7. The second-order valence-corrected chi connectivity index (χ2v) is 9.87. The van der Waals surface area contributed by atoms with Crippen LogP contribution in [-0.2, 0) is 16.4 Å². The Balaban J connectivity index is 1.62. The van der Waals surface area contributed by atoms with Crippen LogP contribution >= 0.6 is 34.5 Å². The lowest BCUT2D eigenvalue weighted by Crippen LogP contribution is -2.15. The number of benzene rings is 2. The quantitative estimate of drug-likeness (QED) is 0.377. The molecule has 154 valence electrons.